The number of hydrogen-bond donors (Lipinski definition) is 1. The summed E-state index contributed by atoms with van der Waals surface area (Å²) in [5.74, 6) is -1.37. The topological polar surface area (TPSA) is 101 Å². The molecule has 0 radical (unpaired) electrons. The molecule has 8 heteroatoms. The van der Waals surface area contributed by atoms with Gasteiger partial charge in [0.05, 0.1) is 15.9 Å². The van der Waals surface area contributed by atoms with E-state index in [9.17, 15) is 24.8 Å². The van der Waals surface area contributed by atoms with Crippen LogP contribution in [0.25, 0.3) is 0 Å². The maximum absolute atomic E-state index is 13.1. The van der Waals surface area contributed by atoms with Crippen molar-refractivity contribution in [2.24, 2.45) is 11.3 Å². The average Bonchev–Trinajstić information content (AvgIpc) is 3.00. The van der Waals surface area contributed by atoms with Crippen LogP contribution in [0.1, 0.15) is 44.5 Å². The lowest BCUT2D eigenvalue weighted by atomic mass is 9.76. The van der Waals surface area contributed by atoms with E-state index in [-0.39, 0.29) is 34.9 Å². The van der Waals surface area contributed by atoms with Gasteiger partial charge in [-0.1, -0.05) is 27.7 Å². The van der Waals surface area contributed by atoms with Gasteiger partial charge in [0.25, 0.3) is 11.6 Å². The van der Waals surface area contributed by atoms with Crippen molar-refractivity contribution >= 4 is 29.3 Å². The van der Waals surface area contributed by atoms with Crippen LogP contribution in [0.5, 0.6) is 0 Å². The zero-order valence-corrected chi connectivity index (χ0v) is 16.2. The molecule has 1 unspecified atom stereocenters. The second-order valence-corrected chi connectivity index (χ2v) is 8.82. The van der Waals surface area contributed by atoms with Crippen LogP contribution in [0, 0.1) is 21.4 Å². The van der Waals surface area contributed by atoms with Gasteiger partial charge in [-0.05, 0) is 18.4 Å². The highest BCUT2D eigenvalue weighted by Crippen LogP contribution is 2.39. The molecule has 1 saturated heterocycles. The molecule has 1 aliphatic rings. The van der Waals surface area contributed by atoms with E-state index in [0.717, 1.165) is 0 Å². The van der Waals surface area contributed by atoms with Crippen LogP contribution < -0.4 is 0 Å². The zero-order valence-electron chi connectivity index (χ0n) is 15.4. The van der Waals surface area contributed by atoms with Gasteiger partial charge in [0.1, 0.15) is 0 Å². The average molecular weight is 380 g/mol. The van der Waals surface area contributed by atoms with Crippen molar-refractivity contribution in [1.29, 1.82) is 0 Å². The summed E-state index contributed by atoms with van der Waals surface area (Å²) >= 11 is 1.46. The van der Waals surface area contributed by atoms with Crippen molar-refractivity contribution in [1.82, 2.24) is 4.90 Å². The van der Waals surface area contributed by atoms with Crippen molar-refractivity contribution in [3.8, 4) is 0 Å². The molecule has 2 rings (SSSR count). The minimum atomic E-state index is -0.971. The highest BCUT2D eigenvalue weighted by atomic mass is 32.2. The Balaban J connectivity index is 2.38. The fourth-order valence-electron chi connectivity index (χ4n) is 3.22. The molecule has 0 bridgehead atoms. The first-order valence-corrected chi connectivity index (χ1v) is 9.44. The van der Waals surface area contributed by atoms with Crippen LogP contribution >= 0.6 is 11.8 Å². The van der Waals surface area contributed by atoms with Gasteiger partial charge < -0.3 is 10.0 Å². The largest absolute Gasteiger partial charge is 0.481 e. The summed E-state index contributed by atoms with van der Waals surface area (Å²) in [4.78, 5) is 37.6. The number of likely N-dealkylation sites (tertiary alicyclic amines) is 1. The van der Waals surface area contributed by atoms with Crippen LogP contribution in [-0.2, 0) is 4.79 Å². The quantitative estimate of drug-likeness (QED) is 0.459. The van der Waals surface area contributed by atoms with Gasteiger partial charge in [0, 0.05) is 35.4 Å². The standard InChI is InChI=1S/C18H24N2O5S/c1-11(2)18(17(22)23)7-8-19(10-18)16(21)14-9-13(20(24)25)5-6-15(14)26-12(3)4/h5-6,9,11-12H,7-8,10H2,1-4H3,(H,22,23). The first kappa shape index (κ1) is 20.2. The number of thioether (sulfide) groups is 1. The van der Waals surface area contributed by atoms with Gasteiger partial charge in [0.15, 0.2) is 0 Å². The van der Waals surface area contributed by atoms with Crippen molar-refractivity contribution in [3.05, 3.63) is 33.9 Å². The molecule has 1 aromatic carbocycles. The molecule has 0 spiro atoms. The van der Waals surface area contributed by atoms with E-state index in [0.29, 0.717) is 17.9 Å². The van der Waals surface area contributed by atoms with Gasteiger partial charge in [-0.2, -0.15) is 0 Å². The fraction of sp³-hybridized carbons (Fsp3) is 0.556. The van der Waals surface area contributed by atoms with E-state index in [1.165, 1.54) is 28.8 Å². The third kappa shape index (κ3) is 3.85. The second-order valence-electron chi connectivity index (χ2n) is 7.20. The van der Waals surface area contributed by atoms with Gasteiger partial charge in [-0.15, -0.1) is 11.8 Å². The van der Waals surface area contributed by atoms with Crippen molar-refractivity contribution in [2.45, 2.75) is 44.3 Å². The number of nitro groups is 1. The van der Waals surface area contributed by atoms with Crippen LogP contribution in [0.15, 0.2) is 23.1 Å². The number of carbonyl (C=O) groups is 2. The Morgan fingerprint density at radius 1 is 1.31 bits per heavy atom. The van der Waals surface area contributed by atoms with E-state index in [1.807, 2.05) is 27.7 Å². The number of benzene rings is 1. The number of amides is 1. The number of carbonyl (C=O) groups excluding carboxylic acids is 1. The molecule has 0 aliphatic carbocycles. The monoisotopic (exact) mass is 380 g/mol. The predicted octanol–water partition coefficient (Wildman–Crippen LogP) is 3.67. The highest BCUT2D eigenvalue weighted by Gasteiger charge is 2.48. The third-order valence-electron chi connectivity index (χ3n) is 4.89. The Morgan fingerprint density at radius 3 is 2.42 bits per heavy atom. The highest BCUT2D eigenvalue weighted by molar-refractivity contribution is 8.00. The van der Waals surface area contributed by atoms with Gasteiger partial charge in [-0.25, -0.2) is 0 Å². The number of hydrogen-bond acceptors (Lipinski definition) is 5. The summed E-state index contributed by atoms with van der Waals surface area (Å²) < 4.78 is 0. The van der Waals surface area contributed by atoms with Gasteiger partial charge in [-0.3, -0.25) is 19.7 Å². The summed E-state index contributed by atoms with van der Waals surface area (Å²) in [6, 6.07) is 4.28. The number of nitrogens with zero attached hydrogens (tertiary/aromatic N) is 2. The van der Waals surface area contributed by atoms with E-state index in [4.69, 9.17) is 0 Å². The minimum absolute atomic E-state index is 0.118. The van der Waals surface area contributed by atoms with Crippen molar-refractivity contribution in [2.75, 3.05) is 13.1 Å². The number of carboxylic acid groups (broad SMARTS) is 1. The Hall–Kier alpha value is -2.09. The maximum atomic E-state index is 13.1. The molecule has 1 N–H and O–H groups in total. The number of carboxylic acids is 1. The summed E-state index contributed by atoms with van der Waals surface area (Å²) in [6.45, 7) is 8.09. The minimum Gasteiger partial charge on any atom is -0.481 e. The van der Waals surface area contributed by atoms with E-state index in [1.54, 1.807) is 6.07 Å². The number of nitro benzene ring substituents is 1. The molecule has 1 heterocycles. The lowest BCUT2D eigenvalue weighted by molar-refractivity contribution is -0.384. The molecule has 0 aromatic heterocycles. The predicted molar refractivity (Wildman–Crippen MR) is 99.5 cm³/mol. The van der Waals surface area contributed by atoms with Crippen molar-refractivity contribution in [3.63, 3.8) is 0 Å². The summed E-state index contributed by atoms with van der Waals surface area (Å²) in [7, 11) is 0. The van der Waals surface area contributed by atoms with Gasteiger partial charge in [0.2, 0.25) is 0 Å². The molecule has 0 saturated carbocycles. The van der Waals surface area contributed by atoms with Crippen LogP contribution in [0.3, 0.4) is 0 Å². The molecule has 1 aliphatic heterocycles. The molecular formula is C18H24N2O5S. The number of non-ortho nitro benzene ring substituents is 1. The smallest absolute Gasteiger partial charge is 0.311 e. The fourth-order valence-corrected chi connectivity index (χ4v) is 4.15. The normalized spacial score (nSPS) is 20.0. The van der Waals surface area contributed by atoms with E-state index in [2.05, 4.69) is 0 Å². The van der Waals surface area contributed by atoms with E-state index >= 15 is 0 Å². The van der Waals surface area contributed by atoms with Crippen LogP contribution in [0.2, 0.25) is 0 Å². The van der Waals surface area contributed by atoms with Gasteiger partial charge >= 0.3 is 5.97 Å². The Morgan fingerprint density at radius 2 is 1.96 bits per heavy atom. The SMILES string of the molecule is CC(C)Sc1ccc([N+](=O)[O-])cc1C(=O)N1CCC(C(=O)O)(C(C)C)C1. The first-order valence-electron chi connectivity index (χ1n) is 8.56. The molecule has 26 heavy (non-hydrogen) atoms. The molecule has 1 aromatic rings. The second kappa shape index (κ2) is 7.65. The zero-order chi connectivity index (χ0) is 19.6. The Kier molecular flexibility index (Phi) is 5.95. The lowest BCUT2D eigenvalue weighted by Gasteiger charge is -2.28. The summed E-state index contributed by atoms with van der Waals surface area (Å²) in [5, 5.41) is 21.0. The summed E-state index contributed by atoms with van der Waals surface area (Å²) in [6.07, 6.45) is 0.382. The Labute approximate surface area is 156 Å². The van der Waals surface area contributed by atoms with Crippen LogP contribution in [0.4, 0.5) is 5.69 Å². The molecule has 1 fully saturated rings. The molecular weight excluding hydrogens is 356 g/mol. The molecule has 7 nitrogen and oxygen atoms in total. The number of rotatable bonds is 6. The first-order chi connectivity index (χ1) is 12.1. The van der Waals surface area contributed by atoms with Crippen molar-refractivity contribution < 1.29 is 19.6 Å². The third-order valence-corrected chi connectivity index (χ3v) is 5.97. The van der Waals surface area contributed by atoms with E-state index < -0.39 is 16.3 Å². The Bertz CT molecular complexity index is 734. The lowest BCUT2D eigenvalue weighted by Crippen LogP contribution is -2.40. The van der Waals surface area contributed by atoms with Crippen LogP contribution in [-0.4, -0.2) is 45.1 Å². The molecule has 1 amide bonds. The maximum Gasteiger partial charge on any atom is 0.311 e. The molecule has 142 valence electrons. The molecule has 1 atom stereocenters. The summed E-state index contributed by atoms with van der Waals surface area (Å²) in [5.41, 5.74) is -0.848. The number of aliphatic carboxylic acids is 1.